The Morgan fingerprint density at radius 2 is 2.12 bits per heavy atom. The number of nitrogens with zero attached hydrogens (tertiary/aromatic N) is 3. The summed E-state index contributed by atoms with van der Waals surface area (Å²) in [5.74, 6) is 1.42. The summed E-state index contributed by atoms with van der Waals surface area (Å²) in [5.41, 5.74) is 0.560. The zero-order chi connectivity index (χ0) is 22.5. The first kappa shape index (κ1) is 23.1. The molecule has 0 radical (unpaired) electrons. The maximum Gasteiger partial charge on any atom is 0.237 e. The third-order valence-corrected chi connectivity index (χ3v) is 7.83. The zero-order valence-electron chi connectivity index (χ0n) is 18.2. The first-order chi connectivity index (χ1) is 15.5. The summed E-state index contributed by atoms with van der Waals surface area (Å²) in [6.45, 7) is 1.88. The van der Waals surface area contributed by atoms with E-state index in [1.807, 2.05) is 6.92 Å². The highest BCUT2D eigenvalue weighted by molar-refractivity contribution is 8.00. The van der Waals surface area contributed by atoms with E-state index in [0.29, 0.717) is 22.5 Å². The van der Waals surface area contributed by atoms with Crippen LogP contribution in [0.15, 0.2) is 40.9 Å². The summed E-state index contributed by atoms with van der Waals surface area (Å²) in [7, 11) is 1.57. The van der Waals surface area contributed by atoms with Gasteiger partial charge < -0.3 is 14.6 Å². The van der Waals surface area contributed by atoms with Gasteiger partial charge in [0.15, 0.2) is 5.16 Å². The molecule has 1 saturated carbocycles. The van der Waals surface area contributed by atoms with Crippen LogP contribution in [0.4, 0.5) is 5.69 Å². The van der Waals surface area contributed by atoms with Crippen LogP contribution in [0.3, 0.4) is 0 Å². The van der Waals surface area contributed by atoms with Crippen LogP contribution in [0, 0.1) is 0 Å². The van der Waals surface area contributed by atoms with Crippen LogP contribution in [-0.4, -0.2) is 33.0 Å². The molecule has 0 saturated heterocycles. The Morgan fingerprint density at radius 3 is 2.84 bits per heavy atom. The fourth-order valence-electron chi connectivity index (χ4n) is 4.01. The Morgan fingerprint density at radius 1 is 1.31 bits per heavy atom. The Bertz CT molecular complexity index is 1050. The largest absolute Gasteiger partial charge is 0.495 e. The quantitative estimate of drug-likeness (QED) is 0.380. The van der Waals surface area contributed by atoms with Crippen LogP contribution in [0.1, 0.15) is 55.8 Å². The number of rotatable bonds is 8. The van der Waals surface area contributed by atoms with Crippen molar-refractivity contribution in [3.63, 3.8) is 0 Å². The molecule has 1 fully saturated rings. The molecule has 32 heavy (non-hydrogen) atoms. The lowest BCUT2D eigenvalue weighted by Gasteiger charge is -2.26. The molecule has 4 rings (SSSR count). The predicted molar refractivity (Wildman–Crippen MR) is 131 cm³/mol. The summed E-state index contributed by atoms with van der Waals surface area (Å²) in [6, 6.07) is 9.75. The number of carbonyl (C=O) groups is 1. The summed E-state index contributed by atoms with van der Waals surface area (Å²) in [6.07, 6.45) is 6.74. The van der Waals surface area contributed by atoms with Gasteiger partial charge in [0.1, 0.15) is 11.6 Å². The number of amides is 1. The van der Waals surface area contributed by atoms with Gasteiger partial charge in [0.2, 0.25) is 5.91 Å². The van der Waals surface area contributed by atoms with Crippen molar-refractivity contribution in [3.8, 4) is 5.75 Å². The Balaban J connectivity index is 1.53. The number of hydrogen-bond donors (Lipinski definition) is 1. The standard InChI is InChI=1S/C23H27ClN4O2S2/c1-15(22(29)25-19-13-16(24)10-11-20(19)30-2)32-23-27-26-21(14-18-9-6-12-31-18)28(23)17-7-4-3-5-8-17/h6,9-13,15,17H,3-5,7-8,14H2,1-2H3,(H,25,29). The smallest absolute Gasteiger partial charge is 0.237 e. The first-order valence-electron chi connectivity index (χ1n) is 10.8. The number of thiophene rings is 1. The van der Waals surface area contributed by atoms with Crippen molar-refractivity contribution in [1.29, 1.82) is 0 Å². The first-order valence-corrected chi connectivity index (χ1v) is 13.0. The highest BCUT2D eigenvalue weighted by Crippen LogP contribution is 2.35. The molecular weight excluding hydrogens is 464 g/mol. The van der Waals surface area contributed by atoms with E-state index in [1.165, 1.54) is 35.9 Å². The van der Waals surface area contributed by atoms with Gasteiger partial charge in [0.25, 0.3) is 0 Å². The molecule has 1 amide bonds. The second-order valence-electron chi connectivity index (χ2n) is 7.91. The molecule has 0 spiro atoms. The minimum atomic E-state index is -0.361. The number of ether oxygens (including phenoxy) is 1. The van der Waals surface area contributed by atoms with Crippen LogP contribution < -0.4 is 10.1 Å². The fourth-order valence-corrected chi connectivity index (χ4v) is 5.82. The van der Waals surface area contributed by atoms with E-state index in [-0.39, 0.29) is 11.2 Å². The van der Waals surface area contributed by atoms with E-state index in [1.54, 1.807) is 36.6 Å². The van der Waals surface area contributed by atoms with Gasteiger partial charge in [-0.25, -0.2) is 0 Å². The molecule has 2 aromatic heterocycles. The Labute approximate surface area is 201 Å². The van der Waals surface area contributed by atoms with E-state index in [2.05, 4.69) is 37.6 Å². The molecule has 0 bridgehead atoms. The molecule has 2 heterocycles. The van der Waals surface area contributed by atoms with Crippen LogP contribution in [-0.2, 0) is 11.2 Å². The summed E-state index contributed by atoms with van der Waals surface area (Å²) < 4.78 is 7.63. The summed E-state index contributed by atoms with van der Waals surface area (Å²) >= 11 is 9.28. The van der Waals surface area contributed by atoms with Crippen molar-refractivity contribution in [1.82, 2.24) is 14.8 Å². The zero-order valence-corrected chi connectivity index (χ0v) is 20.6. The van der Waals surface area contributed by atoms with E-state index < -0.39 is 0 Å². The molecule has 170 valence electrons. The second-order valence-corrected chi connectivity index (χ2v) is 10.7. The average molecular weight is 491 g/mol. The maximum absolute atomic E-state index is 13.0. The van der Waals surface area contributed by atoms with Crippen molar-refractivity contribution in [3.05, 3.63) is 51.4 Å². The number of benzene rings is 1. The molecule has 1 unspecified atom stereocenters. The third-order valence-electron chi connectivity index (χ3n) is 5.66. The number of anilines is 1. The van der Waals surface area contributed by atoms with Crippen LogP contribution in [0.25, 0.3) is 0 Å². The molecule has 6 nitrogen and oxygen atoms in total. The van der Waals surface area contributed by atoms with Crippen molar-refractivity contribution < 1.29 is 9.53 Å². The second kappa shape index (κ2) is 10.7. The minimum Gasteiger partial charge on any atom is -0.495 e. The van der Waals surface area contributed by atoms with Gasteiger partial charge in [-0.2, -0.15) is 0 Å². The van der Waals surface area contributed by atoms with E-state index in [9.17, 15) is 4.79 Å². The SMILES string of the molecule is COc1ccc(Cl)cc1NC(=O)C(C)Sc1nnc(Cc2cccs2)n1C1CCCCC1. The summed E-state index contributed by atoms with van der Waals surface area (Å²) in [5, 5.41) is 15.0. The summed E-state index contributed by atoms with van der Waals surface area (Å²) in [4.78, 5) is 14.2. The Hall–Kier alpha value is -2.03. The molecular formula is C23H27ClN4O2S2. The average Bonchev–Trinajstić information content (AvgIpc) is 3.45. The van der Waals surface area contributed by atoms with Crippen LogP contribution >= 0.6 is 34.7 Å². The maximum atomic E-state index is 13.0. The van der Waals surface area contributed by atoms with Crippen molar-refractivity contribution in [2.24, 2.45) is 0 Å². The Kier molecular flexibility index (Phi) is 7.75. The van der Waals surface area contributed by atoms with Gasteiger partial charge in [-0.3, -0.25) is 4.79 Å². The molecule has 9 heteroatoms. The van der Waals surface area contributed by atoms with Gasteiger partial charge in [-0.05, 0) is 49.4 Å². The van der Waals surface area contributed by atoms with Gasteiger partial charge >= 0.3 is 0 Å². The predicted octanol–water partition coefficient (Wildman–Crippen LogP) is 6.22. The lowest BCUT2D eigenvalue weighted by atomic mass is 9.95. The number of thioether (sulfide) groups is 1. The monoisotopic (exact) mass is 490 g/mol. The fraction of sp³-hybridized carbons (Fsp3) is 0.435. The topological polar surface area (TPSA) is 69.0 Å². The van der Waals surface area contributed by atoms with Gasteiger partial charge in [0, 0.05) is 22.4 Å². The van der Waals surface area contributed by atoms with Crippen molar-refractivity contribution >= 4 is 46.3 Å². The highest BCUT2D eigenvalue weighted by Gasteiger charge is 2.26. The molecule has 1 atom stereocenters. The van der Waals surface area contributed by atoms with Gasteiger partial charge in [0.05, 0.1) is 18.0 Å². The molecule has 1 N–H and O–H groups in total. The minimum absolute atomic E-state index is 0.131. The number of nitrogens with one attached hydrogen (secondary N) is 1. The molecule has 1 aliphatic carbocycles. The van der Waals surface area contributed by atoms with Crippen molar-refractivity contribution in [2.45, 2.75) is 61.9 Å². The van der Waals surface area contributed by atoms with Gasteiger partial charge in [-0.1, -0.05) is 48.7 Å². The van der Waals surface area contributed by atoms with Crippen molar-refractivity contribution in [2.75, 3.05) is 12.4 Å². The number of aromatic nitrogens is 3. The van der Waals surface area contributed by atoms with Crippen LogP contribution in [0.5, 0.6) is 5.75 Å². The van der Waals surface area contributed by atoms with E-state index in [4.69, 9.17) is 16.3 Å². The number of carbonyl (C=O) groups excluding carboxylic acids is 1. The lowest BCUT2D eigenvalue weighted by Crippen LogP contribution is -2.24. The number of methoxy groups -OCH3 is 1. The van der Waals surface area contributed by atoms with Crippen LogP contribution in [0.2, 0.25) is 5.02 Å². The molecule has 3 aromatic rings. The lowest BCUT2D eigenvalue weighted by molar-refractivity contribution is -0.115. The molecule has 1 aliphatic rings. The molecule has 0 aliphatic heterocycles. The third kappa shape index (κ3) is 5.47. The van der Waals surface area contributed by atoms with Gasteiger partial charge in [-0.15, -0.1) is 21.5 Å². The molecule has 1 aromatic carbocycles. The van der Waals surface area contributed by atoms with E-state index >= 15 is 0 Å². The number of hydrogen-bond acceptors (Lipinski definition) is 6. The number of halogens is 1. The highest BCUT2D eigenvalue weighted by atomic mass is 35.5. The van der Waals surface area contributed by atoms with E-state index in [0.717, 1.165) is 30.2 Å². The normalized spacial score (nSPS) is 15.5.